The molecule has 0 aliphatic carbocycles. The number of benzene rings is 3. The Morgan fingerprint density at radius 2 is 1.32 bits per heavy atom. The van der Waals surface area contributed by atoms with Crippen LogP contribution in [-0.2, 0) is 11.0 Å². The summed E-state index contributed by atoms with van der Waals surface area (Å²) in [5.74, 6) is -0.655. The Bertz CT molecular complexity index is 1070. The maximum absolute atomic E-state index is 12.8. The highest BCUT2D eigenvalue weighted by atomic mass is 19.4. The fraction of sp³-hybridized carbons (Fsp3) is 0.167. The van der Waals surface area contributed by atoms with E-state index in [0.29, 0.717) is 28.1 Å². The summed E-state index contributed by atoms with van der Waals surface area (Å²) >= 11 is 0. The molecule has 2 N–H and O–H groups in total. The Balaban J connectivity index is 1.78. The van der Waals surface area contributed by atoms with Crippen molar-refractivity contribution in [1.82, 2.24) is 0 Å². The molecule has 3 rings (SSSR count). The van der Waals surface area contributed by atoms with Crippen LogP contribution >= 0.6 is 0 Å². The van der Waals surface area contributed by atoms with Crippen LogP contribution in [-0.4, -0.2) is 11.8 Å². The van der Waals surface area contributed by atoms with Gasteiger partial charge in [-0.25, -0.2) is 0 Å². The number of rotatable bonds is 5. The van der Waals surface area contributed by atoms with Crippen LogP contribution in [0.3, 0.4) is 0 Å². The number of carbonyl (C=O) groups is 2. The molecule has 2 amide bonds. The van der Waals surface area contributed by atoms with Gasteiger partial charge in [-0.3, -0.25) is 9.59 Å². The van der Waals surface area contributed by atoms with E-state index in [1.165, 1.54) is 12.1 Å². The summed E-state index contributed by atoms with van der Waals surface area (Å²) in [6, 6.07) is 18.1. The zero-order valence-corrected chi connectivity index (χ0v) is 17.0. The first-order valence-corrected chi connectivity index (χ1v) is 9.64. The SMILES string of the molecule is CC(C)C(=O)Nc1ccc(NC(=O)c2ccccc2-c2ccc(C(F)(F)F)cc2)cc1. The number of anilines is 2. The molecule has 0 aliphatic rings. The van der Waals surface area contributed by atoms with Crippen molar-refractivity contribution >= 4 is 23.2 Å². The summed E-state index contributed by atoms with van der Waals surface area (Å²) in [6.07, 6.45) is -4.42. The fourth-order valence-corrected chi connectivity index (χ4v) is 2.89. The van der Waals surface area contributed by atoms with E-state index in [4.69, 9.17) is 0 Å². The maximum Gasteiger partial charge on any atom is 0.416 e. The van der Waals surface area contributed by atoms with Gasteiger partial charge < -0.3 is 10.6 Å². The van der Waals surface area contributed by atoms with E-state index in [1.54, 1.807) is 62.4 Å². The second-order valence-corrected chi connectivity index (χ2v) is 7.30. The number of hydrogen-bond acceptors (Lipinski definition) is 2. The zero-order chi connectivity index (χ0) is 22.6. The van der Waals surface area contributed by atoms with E-state index in [-0.39, 0.29) is 11.8 Å². The topological polar surface area (TPSA) is 58.2 Å². The van der Waals surface area contributed by atoms with Crippen molar-refractivity contribution in [2.75, 3.05) is 10.6 Å². The van der Waals surface area contributed by atoms with Gasteiger partial charge in [0.2, 0.25) is 5.91 Å². The molecule has 0 unspecified atom stereocenters. The highest BCUT2D eigenvalue weighted by Crippen LogP contribution is 2.32. The van der Waals surface area contributed by atoms with Gasteiger partial charge in [0, 0.05) is 22.9 Å². The molecule has 0 aromatic heterocycles. The van der Waals surface area contributed by atoms with Crippen LogP contribution in [0.5, 0.6) is 0 Å². The van der Waals surface area contributed by atoms with Crippen molar-refractivity contribution in [3.8, 4) is 11.1 Å². The van der Waals surface area contributed by atoms with Crippen molar-refractivity contribution < 1.29 is 22.8 Å². The quantitative estimate of drug-likeness (QED) is 0.509. The molecule has 0 bridgehead atoms. The van der Waals surface area contributed by atoms with Crippen LogP contribution in [0.1, 0.15) is 29.8 Å². The summed E-state index contributed by atoms with van der Waals surface area (Å²) in [5.41, 5.74) is 1.75. The Morgan fingerprint density at radius 1 is 0.774 bits per heavy atom. The molecule has 0 radical (unpaired) electrons. The van der Waals surface area contributed by atoms with E-state index in [1.807, 2.05) is 0 Å². The van der Waals surface area contributed by atoms with E-state index in [2.05, 4.69) is 10.6 Å². The molecular weight excluding hydrogens is 405 g/mol. The fourth-order valence-electron chi connectivity index (χ4n) is 2.89. The van der Waals surface area contributed by atoms with Gasteiger partial charge in [0.05, 0.1) is 5.56 Å². The first kappa shape index (κ1) is 22.1. The highest BCUT2D eigenvalue weighted by molar-refractivity contribution is 6.08. The lowest BCUT2D eigenvalue weighted by Crippen LogP contribution is -2.17. The molecule has 4 nitrogen and oxygen atoms in total. The molecule has 0 saturated heterocycles. The second kappa shape index (κ2) is 9.04. The average molecular weight is 426 g/mol. The lowest BCUT2D eigenvalue weighted by atomic mass is 9.98. The molecule has 160 valence electrons. The Kier molecular flexibility index (Phi) is 6.44. The average Bonchev–Trinajstić information content (AvgIpc) is 2.74. The third kappa shape index (κ3) is 5.51. The van der Waals surface area contributed by atoms with Crippen molar-refractivity contribution in [2.45, 2.75) is 20.0 Å². The Hall–Kier alpha value is -3.61. The lowest BCUT2D eigenvalue weighted by Gasteiger charge is -2.13. The number of halogens is 3. The van der Waals surface area contributed by atoms with Gasteiger partial charge >= 0.3 is 6.18 Å². The van der Waals surface area contributed by atoms with Gasteiger partial charge in [0.1, 0.15) is 0 Å². The zero-order valence-electron chi connectivity index (χ0n) is 17.0. The second-order valence-electron chi connectivity index (χ2n) is 7.30. The molecule has 3 aromatic rings. The molecule has 0 heterocycles. The number of carbonyl (C=O) groups excluding carboxylic acids is 2. The molecule has 0 aliphatic heterocycles. The summed E-state index contributed by atoms with van der Waals surface area (Å²) in [6.45, 7) is 3.58. The molecule has 7 heteroatoms. The minimum atomic E-state index is -4.42. The minimum Gasteiger partial charge on any atom is -0.326 e. The van der Waals surface area contributed by atoms with Crippen LogP contribution in [0, 0.1) is 5.92 Å². The summed E-state index contributed by atoms with van der Waals surface area (Å²) in [5, 5.41) is 5.54. The molecule has 0 fully saturated rings. The van der Waals surface area contributed by atoms with E-state index in [0.717, 1.165) is 12.1 Å². The molecule has 31 heavy (non-hydrogen) atoms. The van der Waals surface area contributed by atoms with Gasteiger partial charge in [-0.05, 0) is 53.6 Å². The van der Waals surface area contributed by atoms with Crippen LogP contribution in [0.25, 0.3) is 11.1 Å². The predicted octanol–water partition coefficient (Wildman–Crippen LogP) is 6.22. The van der Waals surface area contributed by atoms with Crippen LogP contribution in [0.2, 0.25) is 0 Å². The van der Waals surface area contributed by atoms with Crippen molar-refractivity contribution in [2.24, 2.45) is 5.92 Å². The van der Waals surface area contributed by atoms with Gasteiger partial charge in [-0.2, -0.15) is 13.2 Å². The molecule has 3 aromatic carbocycles. The van der Waals surface area contributed by atoms with Crippen LogP contribution in [0.4, 0.5) is 24.5 Å². The summed E-state index contributed by atoms with van der Waals surface area (Å²) < 4.78 is 38.5. The summed E-state index contributed by atoms with van der Waals surface area (Å²) in [7, 11) is 0. The molecule has 0 atom stereocenters. The first-order chi connectivity index (χ1) is 14.6. The highest BCUT2D eigenvalue weighted by Gasteiger charge is 2.30. The van der Waals surface area contributed by atoms with E-state index in [9.17, 15) is 22.8 Å². The number of alkyl halides is 3. The van der Waals surface area contributed by atoms with Gasteiger partial charge in [0.15, 0.2) is 0 Å². The first-order valence-electron chi connectivity index (χ1n) is 9.64. The van der Waals surface area contributed by atoms with Crippen molar-refractivity contribution in [3.05, 3.63) is 83.9 Å². The van der Waals surface area contributed by atoms with Crippen LogP contribution in [0.15, 0.2) is 72.8 Å². The molecular formula is C24H21F3N2O2. The van der Waals surface area contributed by atoms with E-state index >= 15 is 0 Å². The van der Waals surface area contributed by atoms with Crippen molar-refractivity contribution in [3.63, 3.8) is 0 Å². The molecule has 0 spiro atoms. The Morgan fingerprint density at radius 3 is 1.87 bits per heavy atom. The smallest absolute Gasteiger partial charge is 0.326 e. The molecule has 0 saturated carbocycles. The number of amides is 2. The maximum atomic E-state index is 12.8. The summed E-state index contributed by atoms with van der Waals surface area (Å²) in [4.78, 5) is 24.6. The van der Waals surface area contributed by atoms with Gasteiger partial charge in [-0.1, -0.05) is 44.2 Å². The largest absolute Gasteiger partial charge is 0.416 e. The van der Waals surface area contributed by atoms with Crippen LogP contribution < -0.4 is 10.6 Å². The number of hydrogen-bond donors (Lipinski definition) is 2. The van der Waals surface area contributed by atoms with Gasteiger partial charge in [-0.15, -0.1) is 0 Å². The Labute approximate surface area is 178 Å². The van der Waals surface area contributed by atoms with Crippen molar-refractivity contribution in [1.29, 1.82) is 0 Å². The monoisotopic (exact) mass is 426 g/mol. The normalized spacial score (nSPS) is 11.3. The number of nitrogens with one attached hydrogen (secondary N) is 2. The predicted molar refractivity (Wildman–Crippen MR) is 115 cm³/mol. The lowest BCUT2D eigenvalue weighted by molar-refractivity contribution is -0.137. The minimum absolute atomic E-state index is 0.109. The third-order valence-corrected chi connectivity index (χ3v) is 4.63. The van der Waals surface area contributed by atoms with Gasteiger partial charge in [0.25, 0.3) is 5.91 Å². The third-order valence-electron chi connectivity index (χ3n) is 4.63. The standard InChI is InChI=1S/C24H21F3N2O2/c1-15(2)22(30)28-18-11-13-19(14-12-18)29-23(31)21-6-4-3-5-20(21)16-7-9-17(10-8-16)24(25,26)27/h3-15H,1-2H3,(H,28,30)(H,29,31). The van der Waals surface area contributed by atoms with E-state index < -0.39 is 17.6 Å².